The molecule has 1 nitrogen and oxygen atoms in total. The van der Waals surface area contributed by atoms with Gasteiger partial charge in [-0.05, 0) is 37.1 Å². The molecule has 0 saturated carbocycles. The summed E-state index contributed by atoms with van der Waals surface area (Å²) in [6, 6.07) is 5.57. The number of halogens is 2. The first-order valence-electron chi connectivity index (χ1n) is 3.71. The van der Waals surface area contributed by atoms with Gasteiger partial charge in [-0.2, -0.15) is 0 Å². The summed E-state index contributed by atoms with van der Waals surface area (Å²) in [4.78, 5) is 0. The summed E-state index contributed by atoms with van der Waals surface area (Å²) in [7, 11) is 0. The Morgan fingerprint density at radius 1 is 1.58 bits per heavy atom. The molecular weight excluding hydrogens is 239 g/mol. The molecule has 0 aromatic heterocycles. The summed E-state index contributed by atoms with van der Waals surface area (Å²) < 4.78 is 0.993. The SMILES string of the molecule is CC(O)Cc1cc(Cl)ccc1Br. The molecule has 1 aromatic carbocycles. The van der Waals surface area contributed by atoms with E-state index in [0.717, 1.165) is 10.0 Å². The van der Waals surface area contributed by atoms with Gasteiger partial charge in [-0.15, -0.1) is 0 Å². The van der Waals surface area contributed by atoms with Crippen molar-refractivity contribution in [3.8, 4) is 0 Å². The fourth-order valence-electron chi connectivity index (χ4n) is 1.02. The lowest BCUT2D eigenvalue weighted by atomic mass is 10.1. The monoisotopic (exact) mass is 248 g/mol. The molecule has 12 heavy (non-hydrogen) atoms. The van der Waals surface area contributed by atoms with E-state index in [2.05, 4.69) is 15.9 Å². The Bertz CT molecular complexity index is 273. The second kappa shape index (κ2) is 4.26. The van der Waals surface area contributed by atoms with E-state index >= 15 is 0 Å². The van der Waals surface area contributed by atoms with Crippen LogP contribution in [0, 0.1) is 0 Å². The quantitative estimate of drug-likeness (QED) is 0.854. The third-order valence-corrected chi connectivity index (χ3v) is 2.53. The minimum atomic E-state index is -0.334. The predicted molar refractivity (Wildman–Crippen MR) is 54.5 cm³/mol. The van der Waals surface area contributed by atoms with E-state index in [1.54, 1.807) is 6.92 Å². The van der Waals surface area contributed by atoms with Gasteiger partial charge in [-0.25, -0.2) is 0 Å². The lowest BCUT2D eigenvalue weighted by Crippen LogP contribution is -2.04. The average Bonchev–Trinajstić information content (AvgIpc) is 1.96. The zero-order valence-corrected chi connectivity index (χ0v) is 9.06. The van der Waals surface area contributed by atoms with Crippen LogP contribution >= 0.6 is 27.5 Å². The number of aliphatic hydroxyl groups excluding tert-OH is 1. The maximum atomic E-state index is 9.16. The third kappa shape index (κ3) is 2.77. The molecule has 1 N–H and O–H groups in total. The van der Waals surface area contributed by atoms with Crippen LogP contribution in [0.3, 0.4) is 0 Å². The second-order valence-corrected chi connectivity index (χ2v) is 4.08. The molecule has 1 rings (SSSR count). The van der Waals surface area contributed by atoms with Crippen molar-refractivity contribution in [3.63, 3.8) is 0 Å². The molecule has 0 radical (unpaired) electrons. The van der Waals surface area contributed by atoms with E-state index in [-0.39, 0.29) is 6.10 Å². The highest BCUT2D eigenvalue weighted by Gasteiger charge is 2.03. The maximum Gasteiger partial charge on any atom is 0.0552 e. The average molecular weight is 250 g/mol. The molecule has 0 aliphatic rings. The van der Waals surface area contributed by atoms with Crippen LogP contribution in [-0.2, 0) is 6.42 Å². The topological polar surface area (TPSA) is 20.2 Å². The van der Waals surface area contributed by atoms with Crippen LogP contribution in [-0.4, -0.2) is 11.2 Å². The summed E-state index contributed by atoms with van der Waals surface area (Å²) in [5, 5.41) is 9.86. The maximum absolute atomic E-state index is 9.16. The van der Waals surface area contributed by atoms with E-state index in [9.17, 15) is 0 Å². The van der Waals surface area contributed by atoms with Crippen LogP contribution in [0.2, 0.25) is 5.02 Å². The van der Waals surface area contributed by atoms with Crippen molar-refractivity contribution in [1.29, 1.82) is 0 Å². The third-order valence-electron chi connectivity index (χ3n) is 1.52. The van der Waals surface area contributed by atoms with E-state index in [4.69, 9.17) is 16.7 Å². The predicted octanol–water partition coefficient (Wildman–Crippen LogP) is 3.03. The Balaban J connectivity index is 2.90. The molecule has 0 spiro atoms. The minimum Gasteiger partial charge on any atom is -0.393 e. The largest absolute Gasteiger partial charge is 0.393 e. The second-order valence-electron chi connectivity index (χ2n) is 2.79. The first kappa shape index (κ1) is 10.0. The summed E-state index contributed by atoms with van der Waals surface area (Å²) in [6.45, 7) is 1.76. The molecule has 1 aromatic rings. The fourth-order valence-corrected chi connectivity index (χ4v) is 1.62. The molecular formula is C9H10BrClO. The van der Waals surface area contributed by atoms with Gasteiger partial charge in [0.25, 0.3) is 0 Å². The van der Waals surface area contributed by atoms with E-state index in [1.807, 2.05) is 18.2 Å². The summed E-state index contributed by atoms with van der Waals surface area (Å²) in [6.07, 6.45) is 0.293. The first-order chi connectivity index (χ1) is 5.59. The van der Waals surface area contributed by atoms with Gasteiger partial charge in [-0.3, -0.25) is 0 Å². The summed E-state index contributed by atoms with van der Waals surface area (Å²) >= 11 is 9.19. The Morgan fingerprint density at radius 2 is 2.25 bits per heavy atom. The Hall–Kier alpha value is -0.0500. The van der Waals surface area contributed by atoms with Crippen molar-refractivity contribution in [1.82, 2.24) is 0 Å². The Morgan fingerprint density at radius 3 is 2.83 bits per heavy atom. The highest BCUT2D eigenvalue weighted by molar-refractivity contribution is 9.10. The van der Waals surface area contributed by atoms with Gasteiger partial charge in [0.2, 0.25) is 0 Å². The van der Waals surface area contributed by atoms with Gasteiger partial charge < -0.3 is 5.11 Å². The van der Waals surface area contributed by atoms with Crippen LogP contribution in [0.4, 0.5) is 0 Å². The molecule has 1 unspecified atom stereocenters. The molecule has 0 fully saturated rings. The van der Waals surface area contributed by atoms with Crippen molar-refractivity contribution in [2.24, 2.45) is 0 Å². The van der Waals surface area contributed by atoms with Crippen LogP contribution in [0.1, 0.15) is 12.5 Å². The highest BCUT2D eigenvalue weighted by atomic mass is 79.9. The van der Waals surface area contributed by atoms with Gasteiger partial charge in [-0.1, -0.05) is 27.5 Å². The molecule has 0 aliphatic carbocycles. The summed E-state index contributed by atoms with van der Waals surface area (Å²) in [5.74, 6) is 0. The van der Waals surface area contributed by atoms with Gasteiger partial charge >= 0.3 is 0 Å². The van der Waals surface area contributed by atoms with E-state index in [1.165, 1.54) is 0 Å². The van der Waals surface area contributed by atoms with Gasteiger partial charge in [0, 0.05) is 9.50 Å². The standard InChI is InChI=1S/C9H10BrClO/c1-6(12)4-7-5-8(11)2-3-9(7)10/h2-3,5-6,12H,4H2,1H3. The van der Waals surface area contributed by atoms with E-state index < -0.39 is 0 Å². The number of benzene rings is 1. The van der Waals surface area contributed by atoms with Crippen molar-refractivity contribution >= 4 is 27.5 Å². The van der Waals surface area contributed by atoms with Crippen LogP contribution in [0.25, 0.3) is 0 Å². The van der Waals surface area contributed by atoms with Crippen LogP contribution < -0.4 is 0 Å². The number of aliphatic hydroxyl groups is 1. The number of hydrogen-bond acceptors (Lipinski definition) is 1. The minimum absolute atomic E-state index is 0.334. The summed E-state index contributed by atoms with van der Waals surface area (Å²) in [5.41, 5.74) is 1.04. The smallest absolute Gasteiger partial charge is 0.0552 e. The first-order valence-corrected chi connectivity index (χ1v) is 4.88. The zero-order chi connectivity index (χ0) is 9.14. The lowest BCUT2D eigenvalue weighted by Gasteiger charge is -2.06. The molecule has 66 valence electrons. The van der Waals surface area contributed by atoms with Crippen molar-refractivity contribution < 1.29 is 5.11 Å². The van der Waals surface area contributed by atoms with Crippen molar-refractivity contribution in [2.45, 2.75) is 19.4 Å². The number of hydrogen-bond donors (Lipinski definition) is 1. The molecule has 0 amide bonds. The van der Waals surface area contributed by atoms with Gasteiger partial charge in [0.1, 0.15) is 0 Å². The van der Waals surface area contributed by atoms with Crippen LogP contribution in [0.15, 0.2) is 22.7 Å². The molecule has 0 bridgehead atoms. The van der Waals surface area contributed by atoms with Crippen LogP contribution in [0.5, 0.6) is 0 Å². The normalized spacial score (nSPS) is 13.0. The molecule has 3 heteroatoms. The highest BCUT2D eigenvalue weighted by Crippen LogP contribution is 2.22. The zero-order valence-electron chi connectivity index (χ0n) is 6.72. The Labute approximate surface area is 85.5 Å². The van der Waals surface area contributed by atoms with Gasteiger partial charge in [0.05, 0.1) is 6.10 Å². The molecule has 0 aliphatic heterocycles. The molecule has 0 heterocycles. The molecule has 1 atom stereocenters. The lowest BCUT2D eigenvalue weighted by molar-refractivity contribution is 0.195. The molecule has 0 saturated heterocycles. The Kier molecular flexibility index (Phi) is 3.56. The van der Waals surface area contributed by atoms with Gasteiger partial charge in [0.15, 0.2) is 0 Å². The van der Waals surface area contributed by atoms with Crippen molar-refractivity contribution in [2.75, 3.05) is 0 Å². The van der Waals surface area contributed by atoms with E-state index in [0.29, 0.717) is 11.4 Å². The number of rotatable bonds is 2. The fraction of sp³-hybridized carbons (Fsp3) is 0.333. The van der Waals surface area contributed by atoms with Crippen molar-refractivity contribution in [3.05, 3.63) is 33.3 Å².